The average Bonchev–Trinajstić information content (AvgIpc) is 3.12. The summed E-state index contributed by atoms with van der Waals surface area (Å²) in [5, 5.41) is 0. The molecule has 0 aromatic carbocycles. The SMILES string of the molecule is CO[Si](C)(C)O[Si](C)(CCCOCC1CO1)O[SiH2]C. The molecule has 5 nitrogen and oxygen atoms in total. The van der Waals surface area contributed by atoms with Gasteiger partial charge in [-0.2, -0.15) is 0 Å². The molecule has 0 saturated carbocycles. The summed E-state index contributed by atoms with van der Waals surface area (Å²) in [6.45, 7) is 10.8. The van der Waals surface area contributed by atoms with Crippen LogP contribution in [0.5, 0.6) is 0 Å². The third-order valence-corrected chi connectivity index (χ3v) is 12.6. The van der Waals surface area contributed by atoms with E-state index < -0.39 is 26.9 Å². The van der Waals surface area contributed by atoms with Gasteiger partial charge in [0.2, 0.25) is 0 Å². The second-order valence-corrected chi connectivity index (χ2v) is 13.9. The van der Waals surface area contributed by atoms with E-state index in [1.54, 1.807) is 7.11 Å². The first kappa shape index (κ1) is 17.5. The van der Waals surface area contributed by atoms with Crippen molar-refractivity contribution in [1.82, 2.24) is 0 Å². The van der Waals surface area contributed by atoms with E-state index in [0.717, 1.165) is 32.3 Å². The predicted octanol–water partition coefficient (Wildman–Crippen LogP) is 1.38. The van der Waals surface area contributed by atoms with Crippen LogP contribution >= 0.6 is 0 Å². The van der Waals surface area contributed by atoms with E-state index in [9.17, 15) is 0 Å². The lowest BCUT2D eigenvalue weighted by Crippen LogP contribution is -2.50. The number of hydrogen-bond acceptors (Lipinski definition) is 5. The van der Waals surface area contributed by atoms with Crippen LogP contribution in [0.25, 0.3) is 0 Å². The van der Waals surface area contributed by atoms with E-state index >= 15 is 0 Å². The molecule has 0 aromatic rings. The first-order valence-electron chi connectivity index (χ1n) is 6.99. The zero-order valence-electron chi connectivity index (χ0n) is 12.9. The second-order valence-electron chi connectivity index (χ2n) is 5.41. The lowest BCUT2D eigenvalue weighted by atomic mass is 10.5. The van der Waals surface area contributed by atoms with Crippen molar-refractivity contribution >= 4 is 26.9 Å². The largest absolute Gasteiger partial charge is 0.442 e. The first-order valence-corrected chi connectivity index (χ1v) is 14.3. The smallest absolute Gasteiger partial charge is 0.322 e. The Balaban J connectivity index is 2.27. The molecule has 1 aliphatic rings. The summed E-state index contributed by atoms with van der Waals surface area (Å²) >= 11 is 0. The summed E-state index contributed by atoms with van der Waals surface area (Å²) in [7, 11) is -2.85. The van der Waals surface area contributed by atoms with Crippen LogP contribution in [0, 0.1) is 0 Å². The van der Waals surface area contributed by atoms with Crippen LogP contribution in [-0.4, -0.2) is 59.9 Å². The van der Waals surface area contributed by atoms with Gasteiger partial charge in [-0.3, -0.25) is 0 Å². The van der Waals surface area contributed by atoms with Crippen LogP contribution in [0.1, 0.15) is 6.42 Å². The van der Waals surface area contributed by atoms with Crippen molar-refractivity contribution in [3.8, 4) is 0 Å². The second kappa shape index (κ2) is 8.03. The first-order chi connectivity index (χ1) is 8.91. The Hall–Kier alpha value is 0.451. The standard InChI is InChI=1S/C11H28O5Si3/c1-12-18(3,4)16-19(5,15-17-2)8-6-7-13-9-11-10-14-11/h11H,6-10,17H2,1-5H3. The van der Waals surface area contributed by atoms with Gasteiger partial charge in [0, 0.05) is 13.7 Å². The maximum Gasteiger partial charge on any atom is 0.322 e. The highest BCUT2D eigenvalue weighted by Crippen LogP contribution is 2.21. The maximum atomic E-state index is 6.24. The van der Waals surface area contributed by atoms with Crippen LogP contribution in [-0.2, 0) is 22.1 Å². The summed E-state index contributed by atoms with van der Waals surface area (Å²) in [4.78, 5) is 0. The van der Waals surface area contributed by atoms with E-state index in [1.165, 1.54) is 0 Å². The zero-order valence-corrected chi connectivity index (χ0v) is 16.3. The molecule has 0 amide bonds. The van der Waals surface area contributed by atoms with Gasteiger partial charge in [-0.05, 0) is 32.1 Å². The van der Waals surface area contributed by atoms with Crippen LogP contribution in [0.3, 0.4) is 0 Å². The van der Waals surface area contributed by atoms with Gasteiger partial charge in [0.05, 0.1) is 13.2 Å². The number of rotatable bonds is 11. The predicted molar refractivity (Wildman–Crippen MR) is 82.7 cm³/mol. The molecule has 0 radical (unpaired) electrons. The average molecular weight is 325 g/mol. The Morgan fingerprint density at radius 3 is 2.53 bits per heavy atom. The Morgan fingerprint density at radius 2 is 2.00 bits per heavy atom. The van der Waals surface area contributed by atoms with E-state index in [1.807, 2.05) is 0 Å². The molecule has 1 rings (SSSR count). The van der Waals surface area contributed by atoms with Gasteiger partial charge in [-0.25, -0.2) is 0 Å². The Bertz CT molecular complexity index is 263. The normalized spacial score (nSPS) is 22.9. The summed E-state index contributed by atoms with van der Waals surface area (Å²) in [6, 6.07) is 0.971. The van der Waals surface area contributed by atoms with Crippen molar-refractivity contribution < 1.29 is 22.1 Å². The van der Waals surface area contributed by atoms with Crippen molar-refractivity contribution in [3.05, 3.63) is 0 Å². The van der Waals surface area contributed by atoms with Crippen LogP contribution < -0.4 is 0 Å². The lowest BCUT2D eigenvalue weighted by Gasteiger charge is -2.34. The Labute approximate surface area is 121 Å². The minimum atomic E-state index is -2.08. The molecule has 0 aromatic heterocycles. The molecule has 2 atom stereocenters. The van der Waals surface area contributed by atoms with Crippen LogP contribution in [0.2, 0.25) is 32.2 Å². The molecule has 0 bridgehead atoms. The third kappa shape index (κ3) is 7.71. The molecule has 0 spiro atoms. The minimum absolute atomic E-state index is 0.346. The quantitative estimate of drug-likeness (QED) is 0.326. The number of epoxide rings is 1. The molecule has 0 N–H and O–H groups in total. The van der Waals surface area contributed by atoms with Gasteiger partial charge in [0.1, 0.15) is 15.9 Å². The molecular formula is C11H28O5Si3. The van der Waals surface area contributed by atoms with E-state index in [-0.39, 0.29) is 0 Å². The van der Waals surface area contributed by atoms with Crippen molar-refractivity contribution in [2.45, 2.75) is 44.8 Å². The molecule has 1 fully saturated rings. The maximum absolute atomic E-state index is 6.24. The monoisotopic (exact) mass is 324 g/mol. The molecule has 1 aliphatic heterocycles. The van der Waals surface area contributed by atoms with Crippen molar-refractivity contribution in [3.63, 3.8) is 0 Å². The molecule has 1 saturated heterocycles. The number of ether oxygens (including phenoxy) is 2. The highest BCUT2D eigenvalue weighted by molar-refractivity contribution is 6.81. The van der Waals surface area contributed by atoms with Crippen molar-refractivity contribution in [2.24, 2.45) is 0 Å². The summed E-state index contributed by atoms with van der Waals surface area (Å²) in [5.74, 6) is 0. The summed E-state index contributed by atoms with van der Waals surface area (Å²) in [6.07, 6.45) is 1.33. The van der Waals surface area contributed by atoms with Crippen LogP contribution in [0.15, 0.2) is 0 Å². The molecule has 19 heavy (non-hydrogen) atoms. The highest BCUT2D eigenvalue weighted by atomic mass is 28.5. The van der Waals surface area contributed by atoms with Gasteiger partial charge in [-0.15, -0.1) is 0 Å². The highest BCUT2D eigenvalue weighted by Gasteiger charge is 2.38. The molecule has 2 unspecified atom stereocenters. The van der Waals surface area contributed by atoms with Crippen LogP contribution in [0.4, 0.5) is 0 Å². The molecule has 0 aliphatic carbocycles. The fourth-order valence-corrected chi connectivity index (χ4v) is 11.4. The van der Waals surface area contributed by atoms with Gasteiger partial charge >= 0.3 is 17.1 Å². The third-order valence-electron chi connectivity index (χ3n) is 3.03. The molecule has 1 heterocycles. The summed E-state index contributed by atoms with van der Waals surface area (Å²) in [5.41, 5.74) is 0. The fourth-order valence-electron chi connectivity index (χ4n) is 1.89. The topological polar surface area (TPSA) is 49.5 Å². The van der Waals surface area contributed by atoms with Gasteiger partial charge < -0.3 is 22.1 Å². The van der Waals surface area contributed by atoms with Gasteiger partial charge in [0.25, 0.3) is 0 Å². The number of hydrogen-bond donors (Lipinski definition) is 0. The molecular weight excluding hydrogens is 296 g/mol. The molecule has 114 valence electrons. The Morgan fingerprint density at radius 1 is 1.32 bits per heavy atom. The van der Waals surface area contributed by atoms with Gasteiger partial charge in [-0.1, -0.05) is 6.55 Å². The van der Waals surface area contributed by atoms with E-state index in [4.69, 9.17) is 22.1 Å². The van der Waals surface area contributed by atoms with E-state index in [2.05, 4.69) is 26.2 Å². The van der Waals surface area contributed by atoms with E-state index in [0.29, 0.717) is 6.10 Å². The van der Waals surface area contributed by atoms with Crippen molar-refractivity contribution in [1.29, 1.82) is 0 Å². The zero-order chi connectivity index (χ0) is 14.4. The fraction of sp³-hybridized carbons (Fsp3) is 1.00. The minimum Gasteiger partial charge on any atom is -0.442 e. The van der Waals surface area contributed by atoms with Gasteiger partial charge in [0.15, 0.2) is 0 Å². The lowest BCUT2D eigenvalue weighted by molar-refractivity contribution is 0.115. The summed E-state index contributed by atoms with van der Waals surface area (Å²) < 4.78 is 28.4. The molecule has 8 heteroatoms. The van der Waals surface area contributed by atoms with Crippen molar-refractivity contribution in [2.75, 3.05) is 26.9 Å². The Kier molecular flexibility index (Phi) is 7.40.